The zero-order valence-corrected chi connectivity index (χ0v) is 12.9. The molecule has 1 N–H and O–H groups in total. The molecule has 1 fully saturated rings. The molecule has 1 aromatic rings. The highest BCUT2D eigenvalue weighted by Crippen LogP contribution is 2.25. The van der Waals surface area contributed by atoms with Gasteiger partial charge in [0.2, 0.25) is 0 Å². The van der Waals surface area contributed by atoms with Crippen LogP contribution in [0.25, 0.3) is 0 Å². The molecule has 0 aromatic heterocycles. The van der Waals surface area contributed by atoms with Crippen molar-refractivity contribution in [2.24, 2.45) is 0 Å². The fraction of sp³-hybridized carbons (Fsp3) is 0.600. The first-order chi connectivity index (χ1) is 9.94. The maximum Gasteiger partial charge on any atom is 0.154 e. The monoisotopic (exact) mass is 317 g/mol. The number of likely N-dealkylation sites (N-methyl/N-ethyl adjacent to an activating group) is 1. The second-order valence-electron chi connectivity index (χ2n) is 5.51. The third-order valence-electron chi connectivity index (χ3n) is 3.99. The molecule has 2 atom stereocenters. The van der Waals surface area contributed by atoms with Crippen molar-refractivity contribution in [3.8, 4) is 0 Å². The molecule has 1 aliphatic rings. The van der Waals surface area contributed by atoms with E-state index in [0.717, 1.165) is 24.6 Å². The normalized spacial score (nSPS) is 22.9. The lowest BCUT2D eigenvalue weighted by molar-refractivity contribution is 0.434. The van der Waals surface area contributed by atoms with Crippen LogP contribution in [0.3, 0.4) is 0 Å². The Bertz CT molecular complexity index is 589. The molecular formula is C15H21F2NO2S. The highest BCUT2D eigenvalue weighted by Gasteiger charge is 2.35. The first-order valence-corrected chi connectivity index (χ1v) is 9.04. The Labute approximate surface area is 124 Å². The van der Waals surface area contributed by atoms with Crippen molar-refractivity contribution < 1.29 is 17.2 Å². The Morgan fingerprint density at radius 1 is 1.33 bits per heavy atom. The molecule has 0 radical (unpaired) electrons. The zero-order valence-electron chi connectivity index (χ0n) is 12.1. The molecule has 0 spiro atoms. The average molecular weight is 317 g/mol. The topological polar surface area (TPSA) is 46.2 Å². The summed E-state index contributed by atoms with van der Waals surface area (Å²) in [7, 11) is -3.17. The SMILES string of the molecule is CCNC(Cc1cc(F)ccc1F)C1CCCCS1(=O)=O. The number of halogens is 2. The fourth-order valence-corrected chi connectivity index (χ4v) is 5.09. The Morgan fingerprint density at radius 3 is 2.76 bits per heavy atom. The van der Waals surface area contributed by atoms with Crippen molar-refractivity contribution in [2.75, 3.05) is 12.3 Å². The zero-order chi connectivity index (χ0) is 15.5. The molecule has 0 amide bonds. The molecule has 0 aliphatic carbocycles. The van der Waals surface area contributed by atoms with Gasteiger partial charge in [0.1, 0.15) is 11.6 Å². The van der Waals surface area contributed by atoms with E-state index in [0.29, 0.717) is 19.4 Å². The smallest absolute Gasteiger partial charge is 0.154 e. The molecule has 1 aromatic carbocycles. The van der Waals surface area contributed by atoms with Gasteiger partial charge in [-0.15, -0.1) is 0 Å². The van der Waals surface area contributed by atoms with Crippen molar-refractivity contribution >= 4 is 9.84 Å². The summed E-state index contributed by atoms with van der Waals surface area (Å²) in [5.74, 6) is -0.814. The molecule has 21 heavy (non-hydrogen) atoms. The average Bonchev–Trinajstić information content (AvgIpc) is 2.42. The molecule has 6 heteroatoms. The highest BCUT2D eigenvalue weighted by molar-refractivity contribution is 7.92. The minimum Gasteiger partial charge on any atom is -0.313 e. The lowest BCUT2D eigenvalue weighted by Crippen LogP contribution is -2.48. The third-order valence-corrected chi connectivity index (χ3v) is 6.34. The van der Waals surface area contributed by atoms with Crippen LogP contribution in [0.2, 0.25) is 0 Å². The van der Waals surface area contributed by atoms with Crippen LogP contribution in [0, 0.1) is 11.6 Å². The number of hydrogen-bond donors (Lipinski definition) is 1. The third kappa shape index (κ3) is 4.01. The Balaban J connectivity index is 2.24. The van der Waals surface area contributed by atoms with Crippen molar-refractivity contribution in [1.82, 2.24) is 5.32 Å². The van der Waals surface area contributed by atoms with Crippen molar-refractivity contribution in [1.29, 1.82) is 0 Å². The van der Waals surface area contributed by atoms with Crippen molar-refractivity contribution in [2.45, 2.75) is 43.9 Å². The van der Waals surface area contributed by atoms with Crippen LogP contribution in [-0.4, -0.2) is 32.0 Å². The van der Waals surface area contributed by atoms with Crippen LogP contribution in [0.1, 0.15) is 31.7 Å². The van der Waals surface area contributed by atoms with Crippen LogP contribution in [0.5, 0.6) is 0 Å². The summed E-state index contributed by atoms with van der Waals surface area (Å²) < 4.78 is 51.5. The number of hydrogen-bond acceptors (Lipinski definition) is 3. The van der Waals surface area contributed by atoms with Crippen LogP contribution >= 0.6 is 0 Å². The van der Waals surface area contributed by atoms with Gasteiger partial charge in [0.15, 0.2) is 9.84 Å². The quantitative estimate of drug-likeness (QED) is 0.907. The molecule has 118 valence electrons. The van der Waals surface area contributed by atoms with Gasteiger partial charge < -0.3 is 5.32 Å². The molecule has 3 nitrogen and oxygen atoms in total. The first-order valence-electron chi connectivity index (χ1n) is 7.33. The van der Waals surface area contributed by atoms with E-state index in [9.17, 15) is 17.2 Å². The Morgan fingerprint density at radius 2 is 2.10 bits per heavy atom. The first kappa shape index (κ1) is 16.4. The number of nitrogens with one attached hydrogen (secondary N) is 1. The lowest BCUT2D eigenvalue weighted by atomic mass is 9.99. The van der Waals surface area contributed by atoms with Gasteiger partial charge in [-0.3, -0.25) is 0 Å². The molecule has 0 bridgehead atoms. The maximum atomic E-state index is 13.8. The van der Waals surface area contributed by atoms with Gasteiger partial charge in [0.25, 0.3) is 0 Å². The van der Waals surface area contributed by atoms with E-state index < -0.39 is 26.7 Å². The van der Waals surface area contributed by atoms with Gasteiger partial charge in [-0.1, -0.05) is 13.3 Å². The van der Waals surface area contributed by atoms with Crippen LogP contribution < -0.4 is 5.32 Å². The van der Waals surface area contributed by atoms with Crippen LogP contribution in [-0.2, 0) is 16.3 Å². The van der Waals surface area contributed by atoms with E-state index in [4.69, 9.17) is 0 Å². The Kier molecular flexibility index (Phi) is 5.32. The number of rotatable bonds is 5. The van der Waals surface area contributed by atoms with E-state index >= 15 is 0 Å². The summed E-state index contributed by atoms with van der Waals surface area (Å²) in [5, 5.41) is 2.62. The minimum absolute atomic E-state index is 0.182. The van der Waals surface area contributed by atoms with Crippen LogP contribution in [0.15, 0.2) is 18.2 Å². The summed E-state index contributed by atoms with van der Waals surface area (Å²) >= 11 is 0. The van der Waals surface area contributed by atoms with E-state index in [1.54, 1.807) is 0 Å². The van der Waals surface area contributed by atoms with Crippen LogP contribution in [0.4, 0.5) is 8.78 Å². The van der Waals surface area contributed by atoms with E-state index in [2.05, 4.69) is 5.32 Å². The summed E-state index contributed by atoms with van der Waals surface area (Å²) in [5.41, 5.74) is 0.224. The molecule has 0 saturated carbocycles. The summed E-state index contributed by atoms with van der Waals surface area (Å²) in [4.78, 5) is 0. The highest BCUT2D eigenvalue weighted by atomic mass is 32.2. The lowest BCUT2D eigenvalue weighted by Gasteiger charge is -2.30. The molecule has 1 aliphatic heterocycles. The van der Waals surface area contributed by atoms with Gasteiger partial charge in [0, 0.05) is 6.04 Å². The van der Waals surface area contributed by atoms with Gasteiger partial charge in [-0.25, -0.2) is 17.2 Å². The standard InChI is InChI=1S/C15H21F2NO2S/c1-2-18-14(15-5-3-4-8-21(15,19)20)10-11-9-12(16)6-7-13(11)17/h6-7,9,14-15,18H,2-5,8,10H2,1H3. The minimum atomic E-state index is -3.17. The fourth-order valence-electron chi connectivity index (χ4n) is 2.97. The second-order valence-corrected chi connectivity index (χ2v) is 7.84. The molecule has 2 rings (SSSR count). The largest absolute Gasteiger partial charge is 0.313 e. The van der Waals surface area contributed by atoms with Crippen molar-refractivity contribution in [3.05, 3.63) is 35.4 Å². The molecule has 1 saturated heterocycles. The molecular weight excluding hydrogens is 296 g/mol. The van der Waals surface area contributed by atoms with Gasteiger partial charge in [0.05, 0.1) is 11.0 Å². The van der Waals surface area contributed by atoms with Gasteiger partial charge in [-0.2, -0.15) is 0 Å². The number of benzene rings is 1. The van der Waals surface area contributed by atoms with E-state index in [1.807, 2.05) is 6.92 Å². The van der Waals surface area contributed by atoms with E-state index in [1.165, 1.54) is 0 Å². The molecule has 2 unspecified atom stereocenters. The van der Waals surface area contributed by atoms with Crippen molar-refractivity contribution in [3.63, 3.8) is 0 Å². The predicted molar refractivity (Wildman–Crippen MR) is 79.0 cm³/mol. The summed E-state index contributed by atoms with van der Waals surface area (Å²) in [6.45, 7) is 2.47. The maximum absolute atomic E-state index is 13.8. The van der Waals surface area contributed by atoms with Gasteiger partial charge >= 0.3 is 0 Å². The Hall–Kier alpha value is -1.01. The molecule has 1 heterocycles. The summed E-state index contributed by atoms with van der Waals surface area (Å²) in [6, 6.07) is 2.92. The second kappa shape index (κ2) is 6.83. The van der Waals surface area contributed by atoms with E-state index in [-0.39, 0.29) is 23.8 Å². The number of sulfone groups is 1. The summed E-state index contributed by atoms with van der Waals surface area (Å²) in [6.07, 6.45) is 2.31. The predicted octanol–water partition coefficient (Wildman–Crippen LogP) is 2.45. The van der Waals surface area contributed by atoms with Gasteiger partial charge in [-0.05, 0) is 49.6 Å².